The van der Waals surface area contributed by atoms with E-state index in [0.29, 0.717) is 12.0 Å². The Morgan fingerprint density at radius 1 is 0.871 bits per heavy atom. The van der Waals surface area contributed by atoms with Gasteiger partial charge in [0.2, 0.25) is 0 Å². The summed E-state index contributed by atoms with van der Waals surface area (Å²) in [7, 11) is 0. The van der Waals surface area contributed by atoms with E-state index in [2.05, 4.69) is 0 Å². The molecule has 0 amide bonds. The number of carboxylic acid groups (broad SMARTS) is 2. The fourth-order valence-corrected chi connectivity index (χ4v) is 3.34. The number of esters is 1. The van der Waals surface area contributed by atoms with Gasteiger partial charge in [0.25, 0.3) is 0 Å². The molecule has 3 aromatic carbocycles. The quantitative estimate of drug-likeness (QED) is 0.399. The largest absolute Gasteiger partial charge is 0.481 e. The summed E-state index contributed by atoms with van der Waals surface area (Å²) in [6, 6.07) is 22.1. The minimum atomic E-state index is -1.53. The number of carbonyl (C=O) groups excluding carboxylic acids is 1. The van der Waals surface area contributed by atoms with E-state index in [1.807, 2.05) is 60.7 Å². The Balaban J connectivity index is 1.78. The van der Waals surface area contributed by atoms with E-state index >= 15 is 0 Å². The fraction of sp³-hybridized carbons (Fsp3) is 0.160. The molecule has 31 heavy (non-hydrogen) atoms. The van der Waals surface area contributed by atoms with Crippen LogP contribution in [0.5, 0.6) is 0 Å². The van der Waals surface area contributed by atoms with Crippen molar-refractivity contribution in [3.8, 4) is 0 Å². The van der Waals surface area contributed by atoms with Crippen molar-refractivity contribution >= 4 is 34.8 Å². The molecular weight excluding hydrogens is 396 g/mol. The van der Waals surface area contributed by atoms with Crippen LogP contribution in [0.15, 0.2) is 78.4 Å². The third-order valence-electron chi connectivity index (χ3n) is 4.92. The van der Waals surface area contributed by atoms with Gasteiger partial charge in [-0.05, 0) is 28.0 Å². The maximum absolute atomic E-state index is 12.2. The Morgan fingerprint density at radius 3 is 2.26 bits per heavy atom. The summed E-state index contributed by atoms with van der Waals surface area (Å²) >= 11 is 0. The summed E-state index contributed by atoms with van der Waals surface area (Å²) in [6.45, 7) is 0.0879. The first kappa shape index (κ1) is 21.8. The van der Waals surface area contributed by atoms with E-state index in [0.717, 1.165) is 16.3 Å². The zero-order chi connectivity index (χ0) is 22.2. The second-order valence-electron chi connectivity index (χ2n) is 7.02. The van der Waals surface area contributed by atoms with E-state index in [1.54, 1.807) is 12.1 Å². The second-order valence-corrected chi connectivity index (χ2v) is 7.02. The van der Waals surface area contributed by atoms with Gasteiger partial charge in [-0.15, -0.1) is 0 Å². The van der Waals surface area contributed by atoms with Crippen LogP contribution in [0.4, 0.5) is 0 Å². The predicted octanol–water partition coefficient (Wildman–Crippen LogP) is 4.18. The number of rotatable bonds is 9. The highest BCUT2D eigenvalue weighted by molar-refractivity contribution is 6.02. The molecule has 6 heteroatoms. The first-order valence-electron chi connectivity index (χ1n) is 9.80. The normalized spacial score (nSPS) is 12.3. The lowest BCUT2D eigenvalue weighted by atomic mass is 9.92. The van der Waals surface area contributed by atoms with Gasteiger partial charge in [0, 0.05) is 6.42 Å². The number of hydrogen-bond acceptors (Lipinski definition) is 4. The highest BCUT2D eigenvalue weighted by Gasteiger charge is 2.30. The van der Waals surface area contributed by atoms with Crippen LogP contribution < -0.4 is 0 Å². The number of hydrogen-bond donors (Lipinski definition) is 2. The SMILES string of the molecule is O=C(CC(C(=O)O)C(=Cc1cccc2ccccc12)C(=O)O)OCCc1ccccc1. The van der Waals surface area contributed by atoms with Crippen molar-refractivity contribution in [3.63, 3.8) is 0 Å². The number of benzene rings is 3. The van der Waals surface area contributed by atoms with Crippen LogP contribution in [-0.4, -0.2) is 34.7 Å². The Kier molecular flexibility index (Phi) is 7.17. The van der Waals surface area contributed by atoms with Crippen molar-refractivity contribution < 1.29 is 29.3 Å². The molecular formula is C25H22O6. The van der Waals surface area contributed by atoms with Crippen LogP contribution in [0.2, 0.25) is 0 Å². The van der Waals surface area contributed by atoms with Gasteiger partial charge in [-0.2, -0.15) is 0 Å². The Labute approximate surface area is 179 Å². The highest BCUT2D eigenvalue weighted by atomic mass is 16.5. The monoisotopic (exact) mass is 418 g/mol. The number of ether oxygens (including phenoxy) is 1. The van der Waals surface area contributed by atoms with Crippen LogP contribution in [0.25, 0.3) is 16.8 Å². The number of carbonyl (C=O) groups is 3. The van der Waals surface area contributed by atoms with Gasteiger partial charge in [0.15, 0.2) is 0 Å². The predicted molar refractivity (Wildman–Crippen MR) is 116 cm³/mol. The van der Waals surface area contributed by atoms with Gasteiger partial charge in [0.05, 0.1) is 24.5 Å². The Hall–Kier alpha value is -3.93. The number of fused-ring (bicyclic) bond motifs is 1. The van der Waals surface area contributed by atoms with Crippen LogP contribution in [0.3, 0.4) is 0 Å². The van der Waals surface area contributed by atoms with Crippen molar-refractivity contribution in [2.24, 2.45) is 5.92 Å². The molecule has 0 aliphatic heterocycles. The topological polar surface area (TPSA) is 101 Å². The molecule has 1 unspecified atom stereocenters. The number of carboxylic acids is 2. The maximum Gasteiger partial charge on any atom is 0.332 e. The van der Waals surface area contributed by atoms with Crippen molar-refractivity contribution in [1.82, 2.24) is 0 Å². The molecule has 2 N–H and O–H groups in total. The highest BCUT2D eigenvalue weighted by Crippen LogP contribution is 2.25. The van der Waals surface area contributed by atoms with E-state index in [-0.39, 0.29) is 12.2 Å². The second kappa shape index (κ2) is 10.2. The summed E-state index contributed by atoms with van der Waals surface area (Å²) in [6.07, 6.45) is 1.25. The third-order valence-corrected chi connectivity index (χ3v) is 4.92. The molecule has 0 aromatic heterocycles. The molecule has 0 saturated carbocycles. The summed E-state index contributed by atoms with van der Waals surface area (Å²) in [4.78, 5) is 35.9. The van der Waals surface area contributed by atoms with Gasteiger partial charge in [-0.25, -0.2) is 4.79 Å². The molecule has 0 saturated heterocycles. The van der Waals surface area contributed by atoms with E-state index in [1.165, 1.54) is 6.08 Å². The van der Waals surface area contributed by atoms with Crippen molar-refractivity contribution in [2.45, 2.75) is 12.8 Å². The van der Waals surface area contributed by atoms with Crippen molar-refractivity contribution in [2.75, 3.05) is 6.61 Å². The third kappa shape index (κ3) is 5.79. The zero-order valence-corrected chi connectivity index (χ0v) is 16.7. The van der Waals surface area contributed by atoms with E-state index in [4.69, 9.17) is 4.74 Å². The molecule has 0 aliphatic rings. The summed E-state index contributed by atoms with van der Waals surface area (Å²) < 4.78 is 5.15. The minimum Gasteiger partial charge on any atom is -0.481 e. The Morgan fingerprint density at radius 2 is 1.55 bits per heavy atom. The molecule has 0 fully saturated rings. The fourth-order valence-electron chi connectivity index (χ4n) is 3.34. The van der Waals surface area contributed by atoms with E-state index < -0.39 is 30.2 Å². The standard InChI is InChI=1S/C25H22O6/c26-23(31-14-13-17-7-2-1-3-8-17)16-22(25(29)30)21(24(27)28)15-19-11-6-10-18-9-4-5-12-20(18)19/h1-12,15,22H,13-14,16H2,(H,27,28)(H,29,30). The zero-order valence-electron chi connectivity index (χ0n) is 16.7. The lowest BCUT2D eigenvalue weighted by Gasteiger charge is -2.14. The molecule has 0 aliphatic carbocycles. The van der Waals surface area contributed by atoms with Crippen LogP contribution in [0, 0.1) is 5.92 Å². The lowest BCUT2D eigenvalue weighted by Crippen LogP contribution is -2.25. The molecule has 0 heterocycles. The Bertz CT molecular complexity index is 1110. The summed E-state index contributed by atoms with van der Waals surface area (Å²) in [5.41, 5.74) is 1.18. The first-order valence-corrected chi connectivity index (χ1v) is 9.80. The first-order chi connectivity index (χ1) is 15.0. The molecule has 3 rings (SSSR count). The van der Waals surface area contributed by atoms with Crippen molar-refractivity contribution in [1.29, 1.82) is 0 Å². The van der Waals surface area contributed by atoms with E-state index in [9.17, 15) is 24.6 Å². The lowest BCUT2D eigenvalue weighted by molar-refractivity contribution is -0.151. The maximum atomic E-state index is 12.2. The van der Waals surface area contributed by atoms with Crippen LogP contribution in [-0.2, 0) is 25.5 Å². The molecule has 0 radical (unpaired) electrons. The average Bonchev–Trinajstić information content (AvgIpc) is 2.76. The van der Waals surface area contributed by atoms with Crippen LogP contribution in [0.1, 0.15) is 17.5 Å². The summed E-state index contributed by atoms with van der Waals surface area (Å²) in [5, 5.41) is 21.0. The molecule has 0 spiro atoms. The average molecular weight is 418 g/mol. The molecule has 158 valence electrons. The molecule has 6 nitrogen and oxygen atoms in total. The number of aliphatic carboxylic acids is 2. The van der Waals surface area contributed by atoms with Crippen LogP contribution >= 0.6 is 0 Å². The van der Waals surface area contributed by atoms with Crippen molar-refractivity contribution in [3.05, 3.63) is 89.5 Å². The van der Waals surface area contributed by atoms with Gasteiger partial charge >= 0.3 is 17.9 Å². The molecule has 1 atom stereocenters. The molecule has 3 aromatic rings. The van der Waals surface area contributed by atoms with Gasteiger partial charge in [-0.3, -0.25) is 9.59 Å². The van der Waals surface area contributed by atoms with Gasteiger partial charge in [0.1, 0.15) is 0 Å². The summed E-state index contributed by atoms with van der Waals surface area (Å²) in [5.74, 6) is -5.07. The van der Waals surface area contributed by atoms with Gasteiger partial charge in [-0.1, -0.05) is 72.8 Å². The van der Waals surface area contributed by atoms with Gasteiger partial charge < -0.3 is 14.9 Å². The minimum absolute atomic E-state index is 0.0879. The molecule has 0 bridgehead atoms. The smallest absolute Gasteiger partial charge is 0.332 e.